The van der Waals surface area contributed by atoms with Gasteiger partial charge in [-0.1, -0.05) is 95.2 Å². The molecule has 2 atom stereocenters. The molecule has 0 aliphatic rings. The molecule has 5 aromatic carbocycles. The van der Waals surface area contributed by atoms with Crippen molar-refractivity contribution in [1.29, 1.82) is 0 Å². The van der Waals surface area contributed by atoms with E-state index in [9.17, 15) is 32.3 Å². The lowest BCUT2D eigenvalue weighted by Gasteiger charge is -2.14. The van der Waals surface area contributed by atoms with Crippen LogP contribution in [0, 0.1) is 31.3 Å². The number of amides is 4. The number of halogens is 3. The van der Waals surface area contributed by atoms with Crippen molar-refractivity contribution in [2.45, 2.75) is 59.3 Å². The average molecular weight is 1020 g/mol. The molecule has 0 bridgehead atoms. The second-order valence-corrected chi connectivity index (χ2v) is 17.0. The summed E-state index contributed by atoms with van der Waals surface area (Å²) in [5.41, 5.74) is 11.7. The van der Waals surface area contributed by atoms with Gasteiger partial charge >= 0.3 is 0 Å². The molecule has 0 unspecified atom stereocenters. The van der Waals surface area contributed by atoms with Crippen LogP contribution in [0.4, 0.5) is 13.2 Å². The molecule has 75 heavy (non-hydrogen) atoms. The number of aromatic nitrogens is 6. The van der Waals surface area contributed by atoms with Crippen LogP contribution in [0.1, 0.15) is 118 Å². The molecule has 0 fully saturated rings. The summed E-state index contributed by atoms with van der Waals surface area (Å²) in [6.07, 6.45) is 2.60. The van der Waals surface area contributed by atoms with Crippen LogP contribution in [0.5, 0.6) is 0 Å². The first-order valence-electron chi connectivity index (χ1n) is 23.1. The number of carbonyl (C=O) groups is 4. The van der Waals surface area contributed by atoms with Crippen LogP contribution < -0.4 is 27.0 Å². The van der Waals surface area contributed by atoms with Gasteiger partial charge in [-0.05, 0) is 90.9 Å². The van der Waals surface area contributed by atoms with Crippen molar-refractivity contribution >= 4 is 29.5 Å². The highest BCUT2D eigenvalue weighted by atomic mass is 19.1. The predicted molar refractivity (Wildman–Crippen MR) is 268 cm³/mol. The normalized spacial score (nSPS) is 11.9. The molecule has 21 heteroatoms. The van der Waals surface area contributed by atoms with Gasteiger partial charge < -0.3 is 36.7 Å². The van der Waals surface area contributed by atoms with Gasteiger partial charge in [0.15, 0.2) is 5.84 Å². The maximum Gasteiger partial charge on any atom is 0.270 e. The average Bonchev–Trinajstić information content (AvgIpc) is 3.89. The van der Waals surface area contributed by atoms with Crippen LogP contribution in [0.2, 0.25) is 0 Å². The highest BCUT2D eigenvalue weighted by Crippen LogP contribution is 2.22. The quantitative estimate of drug-likeness (QED) is 0.0236. The fourth-order valence-electron chi connectivity index (χ4n) is 7.29. The zero-order valence-corrected chi connectivity index (χ0v) is 40.8. The van der Waals surface area contributed by atoms with Crippen LogP contribution in [0.15, 0.2) is 144 Å². The smallest absolute Gasteiger partial charge is 0.270 e. The third-order valence-electron chi connectivity index (χ3n) is 11.5. The molecule has 0 spiro atoms. The number of nitrogens with one attached hydrogen (secondary N) is 4. The fraction of sp³-hybridized carbons (Fsp3) is 0.167. The van der Waals surface area contributed by atoms with Crippen LogP contribution >= 0.6 is 0 Å². The second kappa shape index (κ2) is 24.6. The van der Waals surface area contributed by atoms with E-state index < -0.39 is 23.6 Å². The number of rotatable bonds is 16. The Kier molecular flexibility index (Phi) is 17.5. The summed E-state index contributed by atoms with van der Waals surface area (Å²) in [5.74, 6) is -2.15. The molecule has 3 aromatic heterocycles. The topological polar surface area (TPSA) is 265 Å². The number of nitrogens with zero attached hydrogens (tertiary/aromatic N) is 7. The van der Waals surface area contributed by atoms with E-state index in [0.29, 0.717) is 40.4 Å². The SMILES string of the molecule is Cc1cc(CNC(=O)c2cc(C(=O)N[C@@H](C)c3ccc(-c4noc(Cc5cccc(F)c5)n4)cc3)ncn2)ccc1F.Cc1cc(CNC(=O)c2cc(C(=O)N[C@@H](C)c3ccc(/C(N)=N/O)cc3)ncn2)ccc1F. The zero-order chi connectivity index (χ0) is 53.6. The molecule has 18 nitrogen and oxygen atoms in total. The Bertz CT molecular complexity index is 3370. The van der Waals surface area contributed by atoms with Gasteiger partial charge in [0.1, 0.15) is 52.9 Å². The van der Waals surface area contributed by atoms with E-state index in [1.807, 2.05) is 31.2 Å². The molecule has 0 aliphatic heterocycles. The van der Waals surface area contributed by atoms with Gasteiger partial charge in [-0.2, -0.15) is 4.98 Å². The van der Waals surface area contributed by atoms with Gasteiger partial charge in [0.25, 0.3) is 23.6 Å². The van der Waals surface area contributed by atoms with Crippen molar-refractivity contribution in [3.05, 3.63) is 225 Å². The first kappa shape index (κ1) is 53.1. The monoisotopic (exact) mass is 1020 g/mol. The summed E-state index contributed by atoms with van der Waals surface area (Å²) in [4.78, 5) is 70.8. The van der Waals surface area contributed by atoms with Crippen LogP contribution in [0.3, 0.4) is 0 Å². The summed E-state index contributed by atoms with van der Waals surface area (Å²) >= 11 is 0. The van der Waals surface area contributed by atoms with Crippen molar-refractivity contribution in [2.75, 3.05) is 0 Å². The van der Waals surface area contributed by atoms with E-state index in [0.717, 1.165) is 40.5 Å². The highest BCUT2D eigenvalue weighted by Gasteiger charge is 2.19. The molecule has 0 saturated heterocycles. The van der Waals surface area contributed by atoms with Gasteiger partial charge in [0, 0.05) is 36.3 Å². The lowest BCUT2D eigenvalue weighted by atomic mass is 10.1. The Hall–Kier alpha value is -9.66. The van der Waals surface area contributed by atoms with Crippen LogP contribution in [-0.2, 0) is 19.5 Å². The second-order valence-electron chi connectivity index (χ2n) is 17.0. The molecule has 0 aliphatic carbocycles. The molecule has 0 radical (unpaired) electrons. The molecule has 7 N–H and O–H groups in total. The van der Waals surface area contributed by atoms with Crippen molar-refractivity contribution in [3.8, 4) is 11.4 Å². The summed E-state index contributed by atoms with van der Waals surface area (Å²) in [6.45, 7) is 7.26. The minimum absolute atomic E-state index is 0.0143. The van der Waals surface area contributed by atoms with Crippen molar-refractivity contribution in [3.63, 3.8) is 0 Å². The third-order valence-corrected chi connectivity index (χ3v) is 11.5. The summed E-state index contributed by atoms with van der Waals surface area (Å²) < 4.78 is 45.6. The van der Waals surface area contributed by atoms with Crippen molar-refractivity contribution < 1.29 is 42.1 Å². The predicted octanol–water partition coefficient (Wildman–Crippen LogP) is 7.56. The van der Waals surface area contributed by atoms with Crippen molar-refractivity contribution in [1.82, 2.24) is 51.3 Å². The molecule has 4 amide bonds. The Morgan fingerprint density at radius 1 is 0.613 bits per heavy atom. The molecule has 3 heterocycles. The number of amidine groups is 1. The number of benzene rings is 5. The number of carbonyl (C=O) groups excluding carboxylic acids is 4. The Morgan fingerprint density at radius 3 is 1.56 bits per heavy atom. The number of oxime groups is 1. The fourth-order valence-corrected chi connectivity index (χ4v) is 7.29. The molecular weight excluding hydrogens is 970 g/mol. The van der Waals surface area contributed by atoms with E-state index in [1.165, 1.54) is 36.4 Å². The van der Waals surface area contributed by atoms with Gasteiger partial charge in [-0.15, -0.1) is 0 Å². The van der Waals surface area contributed by atoms with E-state index in [-0.39, 0.29) is 71.2 Å². The number of nitrogens with two attached hydrogens (primary N) is 1. The Balaban J connectivity index is 0.000000226. The molecule has 382 valence electrons. The minimum Gasteiger partial charge on any atom is -0.409 e. The first-order valence-corrected chi connectivity index (χ1v) is 23.1. The van der Waals surface area contributed by atoms with Crippen LogP contribution in [0.25, 0.3) is 11.4 Å². The van der Waals surface area contributed by atoms with E-state index in [1.54, 1.807) is 81.4 Å². The first-order chi connectivity index (χ1) is 36.0. The third kappa shape index (κ3) is 14.5. The molecule has 8 aromatic rings. The number of aryl methyl sites for hydroxylation is 2. The maximum absolute atomic E-state index is 13.5. The van der Waals surface area contributed by atoms with Gasteiger partial charge in [0.2, 0.25) is 11.7 Å². The standard InChI is InChI=1S/C31H26F2N6O3.C23H23FN6O3/c1-18-12-21(6-11-25(18)33)16-34-30(40)26-15-27(36-17-35-26)31(41)37-19(2)22-7-9-23(10-8-22)29-38-28(42-39-29)14-20-4-3-5-24(32)13-20;1-13-9-15(3-8-18(13)24)11-26-22(31)19-10-20(28-12-27-19)23(32)29-14(2)16-4-6-17(7-5-16)21(25)30-33/h3-13,15,17,19H,14,16H2,1-2H3,(H,34,40)(H,37,41);3-10,12,14,33H,11H2,1-2H3,(H2,25,30)(H,26,31)(H,29,32)/t19-;14-/m00/s1. The van der Waals surface area contributed by atoms with E-state index in [4.69, 9.17) is 15.5 Å². The van der Waals surface area contributed by atoms with Crippen LogP contribution in [-0.4, -0.2) is 64.7 Å². The van der Waals surface area contributed by atoms with Gasteiger partial charge in [-0.3, -0.25) is 19.2 Å². The number of hydrogen-bond acceptors (Lipinski definition) is 13. The maximum atomic E-state index is 13.5. The summed E-state index contributed by atoms with van der Waals surface area (Å²) in [7, 11) is 0. The lowest BCUT2D eigenvalue weighted by Crippen LogP contribution is -2.29. The minimum atomic E-state index is -0.488. The Labute approximate surface area is 427 Å². The Morgan fingerprint density at radius 2 is 1.09 bits per heavy atom. The molecule has 8 rings (SSSR count). The largest absolute Gasteiger partial charge is 0.409 e. The van der Waals surface area contributed by atoms with Gasteiger partial charge in [-0.25, -0.2) is 33.1 Å². The molecule has 0 saturated carbocycles. The zero-order valence-electron chi connectivity index (χ0n) is 40.8. The molecular formula is C54H49F3N12O6. The van der Waals surface area contributed by atoms with E-state index in [2.05, 4.69) is 56.5 Å². The van der Waals surface area contributed by atoms with E-state index >= 15 is 0 Å². The van der Waals surface area contributed by atoms with Gasteiger partial charge in [0.05, 0.1) is 18.5 Å². The lowest BCUT2D eigenvalue weighted by molar-refractivity contribution is 0.0921. The summed E-state index contributed by atoms with van der Waals surface area (Å²) in [5, 5.41) is 26.8. The highest BCUT2D eigenvalue weighted by molar-refractivity contribution is 5.98. The number of hydrogen-bond donors (Lipinski definition) is 6. The van der Waals surface area contributed by atoms with Crippen molar-refractivity contribution in [2.24, 2.45) is 10.9 Å². The summed E-state index contributed by atoms with van der Waals surface area (Å²) in [6, 6.07) is 31.3.